The van der Waals surface area contributed by atoms with E-state index in [9.17, 15) is 0 Å². The zero-order valence-electron chi connectivity index (χ0n) is 18.6. The van der Waals surface area contributed by atoms with Crippen molar-refractivity contribution in [2.24, 2.45) is 5.10 Å². The molecule has 1 heterocycles. The van der Waals surface area contributed by atoms with E-state index in [-0.39, 0.29) is 0 Å². The molecule has 10 nitrogen and oxygen atoms in total. The van der Waals surface area contributed by atoms with Gasteiger partial charge in [0, 0.05) is 17.2 Å². The van der Waals surface area contributed by atoms with Crippen LogP contribution in [0.25, 0.3) is 11.4 Å². The Bertz CT molecular complexity index is 1160. The molecule has 1 aromatic heterocycles. The Morgan fingerprint density at radius 2 is 1.34 bits per heavy atom. The molecule has 0 spiro atoms. The lowest BCUT2D eigenvalue weighted by Gasteiger charge is -2.14. The highest BCUT2D eigenvalue weighted by Crippen LogP contribution is 2.41. The summed E-state index contributed by atoms with van der Waals surface area (Å²) in [5.74, 6) is 3.51. The molecule has 0 bridgehead atoms. The lowest BCUT2D eigenvalue weighted by atomic mass is 10.1. The van der Waals surface area contributed by atoms with E-state index in [1.165, 1.54) is 11.8 Å². The molecule has 0 aliphatic heterocycles. The van der Waals surface area contributed by atoms with Crippen LogP contribution in [0.15, 0.2) is 29.4 Å². The molecule has 0 amide bonds. The fourth-order valence-corrected chi connectivity index (χ4v) is 3.25. The van der Waals surface area contributed by atoms with Gasteiger partial charge in [-0.3, -0.25) is 0 Å². The van der Waals surface area contributed by atoms with Crippen molar-refractivity contribution in [3.05, 3.63) is 34.6 Å². The second-order valence-corrected chi connectivity index (χ2v) is 6.66. The van der Waals surface area contributed by atoms with Crippen LogP contribution in [-0.4, -0.2) is 63.7 Å². The number of nitrogens with zero attached hydrogens (tertiary/aromatic N) is 3. The first-order chi connectivity index (χ1) is 15.5. The number of hydrogen-bond acceptors (Lipinski definition) is 9. The molecule has 3 aromatic rings. The van der Waals surface area contributed by atoms with Gasteiger partial charge in [-0.05, 0) is 30.4 Å². The van der Waals surface area contributed by atoms with E-state index in [0.717, 1.165) is 0 Å². The molecule has 0 atom stereocenters. The molecule has 0 aliphatic rings. The summed E-state index contributed by atoms with van der Waals surface area (Å²) in [4.78, 5) is 0. The number of aromatic nitrogens is 3. The average Bonchev–Trinajstić information content (AvgIpc) is 3.20. The van der Waals surface area contributed by atoms with Gasteiger partial charge in [-0.2, -0.15) is 14.9 Å². The van der Waals surface area contributed by atoms with Crippen LogP contribution in [0.4, 0.5) is 0 Å². The zero-order chi connectivity index (χ0) is 23.3. The van der Waals surface area contributed by atoms with Crippen molar-refractivity contribution in [3.8, 4) is 45.9 Å². The third kappa shape index (κ3) is 4.33. The van der Waals surface area contributed by atoms with Crippen LogP contribution in [0.1, 0.15) is 5.56 Å². The average molecular weight is 461 g/mol. The SMILES string of the molecule is COc1cc(OC)c(OC)cc1/C=N/n1c(-c2cc(OC)c(OC)c(OC)c2)n[nH]c1=S. The second-order valence-electron chi connectivity index (χ2n) is 6.27. The van der Waals surface area contributed by atoms with Gasteiger partial charge in [0.1, 0.15) is 5.75 Å². The predicted octanol–water partition coefficient (Wildman–Crippen LogP) is 3.54. The van der Waals surface area contributed by atoms with Gasteiger partial charge in [-0.1, -0.05) is 0 Å². The molecule has 0 radical (unpaired) electrons. The molecule has 0 unspecified atom stereocenters. The Labute approximate surface area is 190 Å². The fraction of sp³-hybridized carbons (Fsp3) is 0.286. The van der Waals surface area contributed by atoms with Crippen LogP contribution in [-0.2, 0) is 0 Å². The summed E-state index contributed by atoms with van der Waals surface area (Å²) in [6, 6.07) is 6.99. The van der Waals surface area contributed by atoms with Gasteiger partial charge in [-0.25, -0.2) is 5.10 Å². The fourth-order valence-electron chi connectivity index (χ4n) is 3.07. The molecular formula is C21H24N4O6S. The van der Waals surface area contributed by atoms with Gasteiger partial charge in [0.2, 0.25) is 10.5 Å². The topological polar surface area (TPSA) is 101 Å². The van der Waals surface area contributed by atoms with E-state index in [1.54, 1.807) is 66.0 Å². The largest absolute Gasteiger partial charge is 0.496 e. The standard InChI is InChI=1S/C21H24N4O6S/c1-26-14-10-16(28-3)15(27-2)9-13(14)11-22-25-20(23-24-21(25)32)12-7-17(29-4)19(31-6)18(8-12)30-5/h7-11H,1-6H3,(H,24,32)/b22-11+. The highest BCUT2D eigenvalue weighted by Gasteiger charge is 2.18. The van der Waals surface area contributed by atoms with Gasteiger partial charge in [0.05, 0.1) is 48.9 Å². The Balaban J connectivity index is 2.10. The number of benzene rings is 2. The van der Waals surface area contributed by atoms with Crippen LogP contribution in [0, 0.1) is 4.77 Å². The summed E-state index contributed by atoms with van der Waals surface area (Å²) in [6.45, 7) is 0. The van der Waals surface area contributed by atoms with Gasteiger partial charge in [0.15, 0.2) is 28.8 Å². The first-order valence-corrected chi connectivity index (χ1v) is 9.74. The molecule has 3 rings (SSSR count). The monoisotopic (exact) mass is 460 g/mol. The van der Waals surface area contributed by atoms with Crippen LogP contribution in [0.2, 0.25) is 0 Å². The molecule has 0 saturated heterocycles. The normalized spacial score (nSPS) is 10.8. The van der Waals surface area contributed by atoms with E-state index >= 15 is 0 Å². The molecule has 2 aromatic carbocycles. The highest BCUT2D eigenvalue weighted by molar-refractivity contribution is 7.71. The second kappa shape index (κ2) is 10.1. The molecular weight excluding hydrogens is 436 g/mol. The minimum absolute atomic E-state index is 0.296. The Kier molecular flexibility index (Phi) is 7.21. The number of rotatable bonds is 9. The van der Waals surface area contributed by atoms with Gasteiger partial charge < -0.3 is 28.4 Å². The molecule has 170 valence electrons. The highest BCUT2D eigenvalue weighted by atomic mass is 32.1. The summed E-state index contributed by atoms with van der Waals surface area (Å²) in [5.41, 5.74) is 1.31. The Hall–Kier alpha value is -3.73. The smallest absolute Gasteiger partial charge is 0.216 e. The third-order valence-corrected chi connectivity index (χ3v) is 4.89. The number of hydrogen-bond donors (Lipinski definition) is 1. The maximum atomic E-state index is 5.46. The summed E-state index contributed by atoms with van der Waals surface area (Å²) >= 11 is 5.38. The Morgan fingerprint density at radius 3 is 1.88 bits per heavy atom. The lowest BCUT2D eigenvalue weighted by Crippen LogP contribution is -2.00. The van der Waals surface area contributed by atoms with E-state index in [0.29, 0.717) is 56.2 Å². The van der Waals surface area contributed by atoms with Crippen molar-refractivity contribution >= 4 is 18.4 Å². The van der Waals surface area contributed by atoms with Crippen LogP contribution >= 0.6 is 12.2 Å². The number of methoxy groups -OCH3 is 6. The van der Waals surface area contributed by atoms with Crippen molar-refractivity contribution in [1.29, 1.82) is 0 Å². The Morgan fingerprint density at radius 1 is 0.781 bits per heavy atom. The minimum atomic E-state index is 0.296. The van der Waals surface area contributed by atoms with Crippen LogP contribution in [0.5, 0.6) is 34.5 Å². The predicted molar refractivity (Wildman–Crippen MR) is 122 cm³/mol. The molecule has 0 fully saturated rings. The van der Waals surface area contributed by atoms with Crippen molar-refractivity contribution in [1.82, 2.24) is 14.9 Å². The summed E-state index contributed by atoms with van der Waals surface area (Å²) in [6.07, 6.45) is 1.59. The zero-order valence-corrected chi connectivity index (χ0v) is 19.4. The number of aromatic amines is 1. The van der Waals surface area contributed by atoms with Crippen LogP contribution < -0.4 is 28.4 Å². The van der Waals surface area contributed by atoms with Crippen LogP contribution in [0.3, 0.4) is 0 Å². The van der Waals surface area contributed by atoms with E-state index in [4.69, 9.17) is 40.6 Å². The quantitative estimate of drug-likeness (QED) is 0.382. The summed E-state index contributed by atoms with van der Waals surface area (Å²) < 4.78 is 34.2. The van der Waals surface area contributed by atoms with Crippen molar-refractivity contribution in [2.75, 3.05) is 42.7 Å². The summed E-state index contributed by atoms with van der Waals surface area (Å²) in [5, 5.41) is 11.6. The first-order valence-electron chi connectivity index (χ1n) is 9.33. The number of nitrogens with one attached hydrogen (secondary N) is 1. The minimum Gasteiger partial charge on any atom is -0.496 e. The van der Waals surface area contributed by atoms with E-state index in [1.807, 2.05) is 0 Å². The maximum Gasteiger partial charge on any atom is 0.216 e. The van der Waals surface area contributed by atoms with Crippen molar-refractivity contribution in [3.63, 3.8) is 0 Å². The number of ether oxygens (including phenoxy) is 6. The van der Waals surface area contributed by atoms with Gasteiger partial charge in [0.25, 0.3) is 0 Å². The van der Waals surface area contributed by atoms with E-state index in [2.05, 4.69) is 15.3 Å². The molecule has 0 saturated carbocycles. The molecule has 0 aliphatic carbocycles. The lowest BCUT2D eigenvalue weighted by molar-refractivity contribution is 0.324. The first kappa shape index (κ1) is 22.9. The van der Waals surface area contributed by atoms with Gasteiger partial charge >= 0.3 is 0 Å². The van der Waals surface area contributed by atoms with E-state index < -0.39 is 0 Å². The molecule has 32 heavy (non-hydrogen) atoms. The van der Waals surface area contributed by atoms with Crippen molar-refractivity contribution in [2.45, 2.75) is 0 Å². The molecule has 11 heteroatoms. The number of H-pyrrole nitrogens is 1. The maximum absolute atomic E-state index is 5.46. The van der Waals surface area contributed by atoms with Gasteiger partial charge in [-0.15, -0.1) is 0 Å². The summed E-state index contributed by atoms with van der Waals surface area (Å²) in [7, 11) is 9.29. The third-order valence-electron chi connectivity index (χ3n) is 4.62. The molecule has 1 N–H and O–H groups in total. The van der Waals surface area contributed by atoms with Crippen molar-refractivity contribution < 1.29 is 28.4 Å².